The van der Waals surface area contributed by atoms with Crippen LogP contribution in [0.5, 0.6) is 0 Å². The Morgan fingerprint density at radius 2 is 2.29 bits per heavy atom. The van der Waals surface area contributed by atoms with Gasteiger partial charge in [-0.2, -0.15) is 0 Å². The van der Waals surface area contributed by atoms with E-state index in [1.807, 2.05) is 0 Å². The summed E-state index contributed by atoms with van der Waals surface area (Å²) in [4.78, 5) is 15.3. The van der Waals surface area contributed by atoms with Crippen molar-refractivity contribution in [3.63, 3.8) is 0 Å². The molecule has 1 saturated heterocycles. The van der Waals surface area contributed by atoms with Crippen LogP contribution in [0, 0.1) is 0 Å². The molecule has 1 aliphatic heterocycles. The Kier molecular flexibility index (Phi) is 4.35. The quantitative estimate of drug-likeness (QED) is 0.690. The number of carbonyl (C=O) groups is 1. The molecule has 0 bridgehead atoms. The van der Waals surface area contributed by atoms with Crippen molar-refractivity contribution >= 4 is 5.91 Å². The number of hydrogen-bond acceptors (Lipinski definition) is 3. The molecule has 0 spiro atoms. The largest absolute Gasteiger partial charge is 0.349 e. The first-order valence-corrected chi connectivity index (χ1v) is 5.27. The zero-order valence-electron chi connectivity index (χ0n) is 9.20. The first-order valence-electron chi connectivity index (χ1n) is 5.27. The van der Waals surface area contributed by atoms with E-state index in [0.29, 0.717) is 12.5 Å². The van der Waals surface area contributed by atoms with Gasteiger partial charge in [0.15, 0.2) is 0 Å². The summed E-state index contributed by atoms with van der Waals surface area (Å²) < 4.78 is 0. The van der Waals surface area contributed by atoms with Gasteiger partial charge in [-0.3, -0.25) is 4.79 Å². The maximum absolute atomic E-state index is 11.3. The summed E-state index contributed by atoms with van der Waals surface area (Å²) in [6.45, 7) is 2.89. The summed E-state index contributed by atoms with van der Waals surface area (Å²) in [5.74, 6) is 0.198. The summed E-state index contributed by atoms with van der Waals surface area (Å²) in [7, 11) is 3.59. The van der Waals surface area contributed by atoms with Crippen LogP contribution in [0.15, 0.2) is 0 Å². The van der Waals surface area contributed by atoms with Crippen molar-refractivity contribution in [2.24, 2.45) is 5.73 Å². The van der Waals surface area contributed by atoms with E-state index in [9.17, 15) is 4.79 Å². The molecular weight excluding hydrogens is 178 g/mol. The third-order valence-electron chi connectivity index (χ3n) is 2.68. The summed E-state index contributed by atoms with van der Waals surface area (Å²) in [5.41, 5.74) is 5.85. The fourth-order valence-electron chi connectivity index (χ4n) is 1.77. The van der Waals surface area contributed by atoms with Crippen molar-refractivity contribution in [1.82, 2.24) is 9.80 Å². The predicted molar refractivity (Wildman–Crippen MR) is 57.0 cm³/mol. The third-order valence-corrected chi connectivity index (χ3v) is 2.68. The highest BCUT2D eigenvalue weighted by molar-refractivity contribution is 5.75. The maximum Gasteiger partial charge on any atom is 0.223 e. The molecule has 1 fully saturated rings. The first kappa shape index (κ1) is 11.5. The molecule has 4 nitrogen and oxygen atoms in total. The van der Waals surface area contributed by atoms with E-state index < -0.39 is 0 Å². The average molecular weight is 199 g/mol. The molecule has 0 aromatic carbocycles. The van der Waals surface area contributed by atoms with E-state index in [1.165, 1.54) is 0 Å². The number of carbonyl (C=O) groups excluding carboxylic acids is 1. The minimum absolute atomic E-state index is 0.198. The van der Waals surface area contributed by atoms with Crippen LogP contribution in [-0.2, 0) is 4.79 Å². The van der Waals surface area contributed by atoms with Gasteiger partial charge in [0.2, 0.25) is 5.91 Å². The Labute approximate surface area is 86.0 Å². The second kappa shape index (κ2) is 5.32. The number of nitrogens with two attached hydrogens (primary N) is 1. The van der Waals surface area contributed by atoms with Crippen LogP contribution < -0.4 is 5.73 Å². The Balaban J connectivity index is 2.20. The van der Waals surface area contributed by atoms with Crippen LogP contribution >= 0.6 is 0 Å². The maximum atomic E-state index is 11.3. The Bertz CT molecular complexity index is 194. The highest BCUT2D eigenvalue weighted by Gasteiger charge is 2.17. The SMILES string of the molecule is CN(C)C(=O)CCN1CCCC(N)C1. The van der Waals surface area contributed by atoms with Crippen LogP contribution in [0.25, 0.3) is 0 Å². The average Bonchev–Trinajstić information content (AvgIpc) is 2.14. The standard InChI is InChI=1S/C10H21N3O/c1-12(2)10(14)5-7-13-6-3-4-9(11)8-13/h9H,3-8,11H2,1-2H3. The monoisotopic (exact) mass is 199 g/mol. The van der Waals surface area contributed by atoms with Gasteiger partial charge in [-0.25, -0.2) is 0 Å². The second-order valence-corrected chi connectivity index (χ2v) is 4.24. The lowest BCUT2D eigenvalue weighted by Gasteiger charge is -2.30. The minimum Gasteiger partial charge on any atom is -0.349 e. The van der Waals surface area contributed by atoms with Gasteiger partial charge in [-0.15, -0.1) is 0 Å². The number of amides is 1. The molecule has 0 aliphatic carbocycles. The van der Waals surface area contributed by atoms with Gasteiger partial charge in [0, 0.05) is 39.6 Å². The van der Waals surface area contributed by atoms with Crippen molar-refractivity contribution in [3.8, 4) is 0 Å². The van der Waals surface area contributed by atoms with Crippen LogP contribution in [0.4, 0.5) is 0 Å². The number of hydrogen-bond donors (Lipinski definition) is 1. The van der Waals surface area contributed by atoms with Crippen molar-refractivity contribution < 1.29 is 4.79 Å². The molecule has 1 atom stereocenters. The van der Waals surface area contributed by atoms with Gasteiger partial charge < -0.3 is 15.5 Å². The molecular formula is C10H21N3O. The summed E-state index contributed by atoms with van der Waals surface area (Å²) in [6.07, 6.45) is 2.90. The molecule has 1 amide bonds. The van der Waals surface area contributed by atoms with E-state index >= 15 is 0 Å². The Morgan fingerprint density at radius 1 is 1.57 bits per heavy atom. The van der Waals surface area contributed by atoms with E-state index in [4.69, 9.17) is 5.73 Å². The molecule has 82 valence electrons. The molecule has 0 saturated carbocycles. The highest BCUT2D eigenvalue weighted by Crippen LogP contribution is 2.08. The van der Waals surface area contributed by atoms with Gasteiger partial charge in [-0.05, 0) is 19.4 Å². The van der Waals surface area contributed by atoms with Crippen LogP contribution in [-0.4, -0.2) is 55.5 Å². The number of nitrogens with zero attached hydrogens (tertiary/aromatic N) is 2. The molecule has 1 aliphatic rings. The van der Waals surface area contributed by atoms with Crippen molar-refractivity contribution in [1.29, 1.82) is 0 Å². The highest BCUT2D eigenvalue weighted by atomic mass is 16.2. The zero-order chi connectivity index (χ0) is 10.6. The summed E-state index contributed by atoms with van der Waals surface area (Å²) in [5, 5.41) is 0. The Hall–Kier alpha value is -0.610. The molecule has 4 heteroatoms. The molecule has 0 radical (unpaired) electrons. The van der Waals surface area contributed by atoms with Gasteiger partial charge in [-0.1, -0.05) is 0 Å². The first-order chi connectivity index (χ1) is 6.59. The molecule has 1 heterocycles. The molecule has 0 aromatic heterocycles. The Morgan fingerprint density at radius 3 is 2.86 bits per heavy atom. The number of piperidine rings is 1. The number of rotatable bonds is 3. The topological polar surface area (TPSA) is 49.6 Å². The molecule has 14 heavy (non-hydrogen) atoms. The van der Waals surface area contributed by atoms with Crippen molar-refractivity contribution in [3.05, 3.63) is 0 Å². The van der Waals surface area contributed by atoms with Crippen LogP contribution in [0.1, 0.15) is 19.3 Å². The molecule has 1 unspecified atom stereocenters. The summed E-state index contributed by atoms with van der Waals surface area (Å²) in [6, 6.07) is 0.304. The number of likely N-dealkylation sites (tertiary alicyclic amines) is 1. The fraction of sp³-hybridized carbons (Fsp3) is 0.900. The smallest absolute Gasteiger partial charge is 0.223 e. The van der Waals surface area contributed by atoms with Gasteiger partial charge in [0.05, 0.1) is 0 Å². The third kappa shape index (κ3) is 3.64. The van der Waals surface area contributed by atoms with Crippen molar-refractivity contribution in [2.45, 2.75) is 25.3 Å². The van der Waals surface area contributed by atoms with Gasteiger partial charge in [0.25, 0.3) is 0 Å². The zero-order valence-corrected chi connectivity index (χ0v) is 9.20. The summed E-state index contributed by atoms with van der Waals surface area (Å²) >= 11 is 0. The normalized spacial score (nSPS) is 23.5. The predicted octanol–water partition coefficient (Wildman–Crippen LogP) is -0.112. The lowest BCUT2D eigenvalue weighted by molar-refractivity contribution is -0.129. The molecule has 2 N–H and O–H groups in total. The fourth-order valence-corrected chi connectivity index (χ4v) is 1.77. The van der Waals surface area contributed by atoms with E-state index in [0.717, 1.165) is 32.5 Å². The molecule has 0 aromatic rings. The van der Waals surface area contributed by atoms with E-state index in [-0.39, 0.29) is 5.91 Å². The van der Waals surface area contributed by atoms with E-state index in [2.05, 4.69) is 4.90 Å². The van der Waals surface area contributed by atoms with Crippen LogP contribution in [0.3, 0.4) is 0 Å². The molecule has 1 rings (SSSR count). The lowest BCUT2D eigenvalue weighted by Crippen LogP contribution is -2.43. The lowest BCUT2D eigenvalue weighted by atomic mass is 10.1. The minimum atomic E-state index is 0.198. The van der Waals surface area contributed by atoms with Gasteiger partial charge in [0.1, 0.15) is 0 Å². The van der Waals surface area contributed by atoms with E-state index in [1.54, 1.807) is 19.0 Å². The van der Waals surface area contributed by atoms with Crippen LogP contribution in [0.2, 0.25) is 0 Å². The van der Waals surface area contributed by atoms with Crippen molar-refractivity contribution in [2.75, 3.05) is 33.7 Å². The van der Waals surface area contributed by atoms with Gasteiger partial charge >= 0.3 is 0 Å². The second-order valence-electron chi connectivity index (χ2n) is 4.24.